The van der Waals surface area contributed by atoms with Gasteiger partial charge < -0.3 is 25.2 Å². The van der Waals surface area contributed by atoms with Crippen molar-refractivity contribution in [3.05, 3.63) is 113 Å². The number of imidazole rings is 2. The topological polar surface area (TPSA) is 176 Å². The lowest BCUT2D eigenvalue weighted by atomic mass is 10.0. The largest absolute Gasteiger partial charge is 0.489 e. The standard InChI is InChI=1S/C48H47FN12O5/c1-50-36-24-42(55-61-41(26-52-45(36)61)47(64)53-35-23-33(35)49)59-20-21-66-44-32(4-3-5-38(44)59)34-12-6-28(25-51-34)27-57-16-18-58(19-17-57)31-10-7-29(8-11-31)30-9-13-37-40(22-30)56(2)48(65)60(37)39-14-15-43(62)54-46(39)63/h3-13,22,24-26,33,35,39,50H,14-21,23,27H2,1-2H3,(H,53,64)(H,54,62,63)/t33-,35+,39?/m0/s1. The molecule has 11 rings (SSSR count). The van der Waals surface area contributed by atoms with Crippen molar-refractivity contribution >= 4 is 57.3 Å². The van der Waals surface area contributed by atoms with Gasteiger partial charge in [0.05, 0.1) is 46.9 Å². The number of hydrogen-bond acceptors (Lipinski definition) is 12. The predicted octanol–water partition coefficient (Wildman–Crippen LogP) is 4.82. The number of anilines is 4. The smallest absolute Gasteiger partial charge is 0.329 e. The van der Waals surface area contributed by atoms with E-state index in [1.807, 2.05) is 54.7 Å². The van der Waals surface area contributed by atoms with Crippen molar-refractivity contribution in [1.82, 2.24) is 44.2 Å². The highest BCUT2D eigenvalue weighted by Gasteiger charge is 2.39. The van der Waals surface area contributed by atoms with Gasteiger partial charge in [-0.2, -0.15) is 0 Å². The van der Waals surface area contributed by atoms with E-state index in [0.29, 0.717) is 54.4 Å². The molecular weight excluding hydrogens is 844 g/mol. The number of carbonyl (C=O) groups is 3. The molecule has 336 valence electrons. The molecule has 3 aliphatic heterocycles. The minimum atomic E-state index is -1.02. The van der Waals surface area contributed by atoms with Gasteiger partial charge in [0.1, 0.15) is 18.8 Å². The van der Waals surface area contributed by atoms with E-state index in [-0.39, 0.29) is 23.7 Å². The molecule has 3 atom stereocenters. The summed E-state index contributed by atoms with van der Waals surface area (Å²) in [6, 6.07) is 25.1. The van der Waals surface area contributed by atoms with Crippen molar-refractivity contribution < 1.29 is 23.5 Å². The molecule has 3 fully saturated rings. The molecule has 4 aliphatic rings. The lowest BCUT2D eigenvalue weighted by Gasteiger charge is -2.36. The zero-order valence-electron chi connectivity index (χ0n) is 36.4. The average Bonchev–Trinajstić information content (AvgIpc) is 3.75. The van der Waals surface area contributed by atoms with E-state index in [2.05, 4.69) is 66.0 Å². The number of alkyl halides is 1. The van der Waals surface area contributed by atoms with Crippen molar-refractivity contribution in [3.63, 3.8) is 0 Å². The Morgan fingerprint density at radius 1 is 0.909 bits per heavy atom. The van der Waals surface area contributed by atoms with Crippen LogP contribution in [0.5, 0.6) is 5.75 Å². The summed E-state index contributed by atoms with van der Waals surface area (Å²) in [5, 5.41) is 13.1. The fourth-order valence-electron chi connectivity index (χ4n) is 9.41. The first kappa shape index (κ1) is 41.1. The monoisotopic (exact) mass is 890 g/mol. The number of para-hydroxylation sites is 1. The van der Waals surface area contributed by atoms with Crippen molar-refractivity contribution in [2.24, 2.45) is 7.05 Å². The molecule has 1 saturated carbocycles. The number of benzene rings is 3. The highest BCUT2D eigenvalue weighted by molar-refractivity contribution is 6.00. The van der Waals surface area contributed by atoms with Crippen LogP contribution in [0, 0.1) is 0 Å². The van der Waals surface area contributed by atoms with E-state index in [1.54, 1.807) is 18.7 Å². The Balaban J connectivity index is 0.740. The summed E-state index contributed by atoms with van der Waals surface area (Å²) in [7, 11) is 3.50. The molecule has 0 radical (unpaired) electrons. The maximum Gasteiger partial charge on any atom is 0.329 e. The van der Waals surface area contributed by atoms with Gasteiger partial charge in [0.2, 0.25) is 11.8 Å². The van der Waals surface area contributed by atoms with Crippen LogP contribution in [0.15, 0.2) is 96.1 Å². The highest BCUT2D eigenvalue weighted by atomic mass is 19.1. The number of ether oxygens (including phenoxy) is 1. The Kier molecular flexibility index (Phi) is 10.2. The molecule has 0 bridgehead atoms. The van der Waals surface area contributed by atoms with Crippen LogP contribution >= 0.6 is 0 Å². The number of fused-ring (bicyclic) bond motifs is 3. The van der Waals surface area contributed by atoms with E-state index >= 15 is 0 Å². The molecule has 3 amide bonds. The minimum absolute atomic E-state index is 0.198. The molecule has 18 heteroatoms. The molecule has 7 heterocycles. The summed E-state index contributed by atoms with van der Waals surface area (Å²) in [6.07, 6.45) is 3.18. The number of piperidine rings is 1. The van der Waals surface area contributed by atoms with Crippen LogP contribution in [0.4, 0.5) is 27.3 Å². The Hall–Kier alpha value is -7.60. The van der Waals surface area contributed by atoms with Crippen LogP contribution < -0.4 is 36.2 Å². The summed E-state index contributed by atoms with van der Waals surface area (Å²) < 4.78 is 24.5. The Bertz CT molecular complexity index is 3120. The Labute approximate surface area is 377 Å². The number of piperazine rings is 1. The van der Waals surface area contributed by atoms with Crippen molar-refractivity contribution in [1.29, 1.82) is 0 Å². The van der Waals surface area contributed by atoms with Crippen molar-refractivity contribution in [3.8, 4) is 28.1 Å². The van der Waals surface area contributed by atoms with Crippen LogP contribution in [0.1, 0.15) is 41.4 Å². The van der Waals surface area contributed by atoms with E-state index < -0.39 is 30.1 Å². The fraction of sp³-hybridized carbons (Fsp3) is 0.312. The van der Waals surface area contributed by atoms with Gasteiger partial charge >= 0.3 is 5.69 Å². The summed E-state index contributed by atoms with van der Waals surface area (Å²) in [4.78, 5) is 66.9. The lowest BCUT2D eigenvalue weighted by Crippen LogP contribution is -2.45. The number of imide groups is 1. The van der Waals surface area contributed by atoms with Gasteiger partial charge in [-0.1, -0.05) is 30.3 Å². The molecule has 66 heavy (non-hydrogen) atoms. The Morgan fingerprint density at radius 2 is 1.71 bits per heavy atom. The van der Waals surface area contributed by atoms with Crippen molar-refractivity contribution in [2.75, 3.05) is 61.5 Å². The number of rotatable bonds is 10. The van der Waals surface area contributed by atoms with Crippen LogP contribution in [-0.2, 0) is 23.2 Å². The van der Waals surface area contributed by atoms with E-state index in [0.717, 1.165) is 77.6 Å². The molecular formula is C48H47FN12O5. The third kappa shape index (κ3) is 7.36. The number of nitrogens with one attached hydrogen (secondary N) is 3. The summed E-state index contributed by atoms with van der Waals surface area (Å²) >= 11 is 0. The Morgan fingerprint density at radius 3 is 2.45 bits per heavy atom. The quantitative estimate of drug-likeness (QED) is 0.160. The van der Waals surface area contributed by atoms with Gasteiger partial charge in [0, 0.05) is 83.2 Å². The molecule has 3 aromatic carbocycles. The third-order valence-corrected chi connectivity index (χ3v) is 13.2. The lowest BCUT2D eigenvalue weighted by molar-refractivity contribution is -0.135. The maximum atomic E-state index is 13.6. The highest BCUT2D eigenvalue weighted by Crippen LogP contribution is 2.43. The number of nitrogens with zero attached hydrogens (tertiary/aromatic N) is 9. The fourth-order valence-corrected chi connectivity index (χ4v) is 9.41. The van der Waals surface area contributed by atoms with Crippen molar-refractivity contribution in [2.45, 2.75) is 44.1 Å². The average molecular weight is 891 g/mol. The van der Waals surface area contributed by atoms with Gasteiger partial charge in [-0.05, 0) is 65.6 Å². The second-order valence-corrected chi connectivity index (χ2v) is 17.3. The van der Waals surface area contributed by atoms with Gasteiger partial charge in [-0.15, -0.1) is 5.10 Å². The molecule has 17 nitrogen and oxygen atoms in total. The van der Waals surface area contributed by atoms with Gasteiger partial charge in [-0.3, -0.25) is 38.7 Å². The molecule has 3 N–H and O–H groups in total. The van der Waals surface area contributed by atoms with E-state index in [1.165, 1.54) is 15.3 Å². The summed E-state index contributed by atoms with van der Waals surface area (Å²) in [5.74, 6) is 0.115. The predicted molar refractivity (Wildman–Crippen MR) is 247 cm³/mol. The minimum Gasteiger partial charge on any atom is -0.489 e. The van der Waals surface area contributed by atoms with Gasteiger partial charge in [0.15, 0.2) is 22.9 Å². The van der Waals surface area contributed by atoms with Gasteiger partial charge in [0.25, 0.3) is 5.91 Å². The van der Waals surface area contributed by atoms with Crippen LogP contribution in [0.25, 0.3) is 39.1 Å². The molecule has 1 aliphatic carbocycles. The second-order valence-electron chi connectivity index (χ2n) is 17.3. The van der Waals surface area contributed by atoms with Crippen LogP contribution in [0.2, 0.25) is 0 Å². The number of halogens is 1. The number of pyridine rings is 1. The summed E-state index contributed by atoms with van der Waals surface area (Å²) in [6.45, 7) is 5.26. The van der Waals surface area contributed by atoms with Crippen LogP contribution in [0.3, 0.4) is 0 Å². The maximum absolute atomic E-state index is 13.6. The number of hydrogen-bond donors (Lipinski definition) is 3. The third-order valence-electron chi connectivity index (χ3n) is 13.2. The zero-order chi connectivity index (χ0) is 45.2. The van der Waals surface area contributed by atoms with Crippen LogP contribution in [-0.4, -0.2) is 110 Å². The van der Waals surface area contributed by atoms with Gasteiger partial charge in [-0.25, -0.2) is 18.7 Å². The summed E-state index contributed by atoms with van der Waals surface area (Å²) in [5.41, 5.74) is 9.24. The molecule has 7 aromatic rings. The van der Waals surface area contributed by atoms with E-state index in [4.69, 9.17) is 14.8 Å². The number of aryl methyl sites for hydroxylation is 1. The molecule has 0 spiro atoms. The first-order valence-electron chi connectivity index (χ1n) is 22.2. The molecule has 4 aromatic heterocycles. The van der Waals surface area contributed by atoms with E-state index in [9.17, 15) is 23.6 Å². The molecule has 1 unspecified atom stereocenters. The number of aromatic nitrogens is 6. The SMILES string of the molecule is CNc1cc(N2CCOc3c(-c4ccc(CN5CCN(c6ccc(-c7ccc8c(c7)n(C)c(=O)n8C7CCC(=O)NC7=O)cc6)CC5)cn4)cccc32)nn2c(C(=O)N[C@@H]3C[C@@H]3F)cnc12. The second kappa shape index (κ2) is 16.4. The normalized spacial score (nSPS) is 19.7. The number of carbonyl (C=O) groups excluding carboxylic acids is 3. The first-order valence-corrected chi connectivity index (χ1v) is 22.2. The zero-order valence-corrected chi connectivity index (χ0v) is 36.4. The number of amides is 3. The first-order chi connectivity index (χ1) is 32.1. The molecule has 2 saturated heterocycles.